The second-order valence-electron chi connectivity index (χ2n) is 6.87. The molecule has 1 unspecified atom stereocenters. The van der Waals surface area contributed by atoms with E-state index >= 15 is 0 Å². The molecule has 3 aromatic rings. The minimum atomic E-state index is -0.939. The van der Waals surface area contributed by atoms with E-state index in [-0.39, 0.29) is 11.3 Å². The average Bonchev–Trinajstić information content (AvgIpc) is 3.18. The molecule has 5 nitrogen and oxygen atoms in total. The van der Waals surface area contributed by atoms with Gasteiger partial charge in [-0.3, -0.25) is 14.5 Å². The molecule has 8 heteroatoms. The van der Waals surface area contributed by atoms with E-state index in [4.69, 9.17) is 11.6 Å². The Kier molecular flexibility index (Phi) is 5.17. The standard InChI is InChI=1S/C22H16ClFN2O3S/c1-11-12(2)30-22(25-11)26-18(13-5-9-16(24)10-6-13)17(20(28)21(26)29)19(27)14-3-7-15(23)8-4-14/h3-10,18,27H,1-2H3/b19-17+. The highest BCUT2D eigenvalue weighted by Gasteiger charge is 2.48. The Hall–Kier alpha value is -3.03. The van der Waals surface area contributed by atoms with Gasteiger partial charge < -0.3 is 5.11 Å². The van der Waals surface area contributed by atoms with Crippen molar-refractivity contribution in [3.63, 3.8) is 0 Å². The molecule has 1 aliphatic heterocycles. The smallest absolute Gasteiger partial charge is 0.301 e. The fourth-order valence-corrected chi connectivity index (χ4v) is 4.37. The predicted octanol–water partition coefficient (Wildman–Crippen LogP) is 5.18. The number of aromatic nitrogens is 1. The number of amides is 1. The van der Waals surface area contributed by atoms with Crippen LogP contribution in [0.2, 0.25) is 5.02 Å². The van der Waals surface area contributed by atoms with Crippen LogP contribution in [0.25, 0.3) is 5.76 Å². The van der Waals surface area contributed by atoms with Crippen LogP contribution in [0.3, 0.4) is 0 Å². The number of rotatable bonds is 3. The average molecular weight is 443 g/mol. The lowest BCUT2D eigenvalue weighted by Gasteiger charge is -2.23. The third-order valence-corrected chi connectivity index (χ3v) is 6.30. The van der Waals surface area contributed by atoms with E-state index in [9.17, 15) is 19.1 Å². The fraction of sp³-hybridized carbons (Fsp3) is 0.136. The molecular weight excluding hydrogens is 427 g/mol. The quantitative estimate of drug-likeness (QED) is 0.344. The number of hydrogen-bond donors (Lipinski definition) is 1. The SMILES string of the molecule is Cc1nc(N2C(=O)C(=O)/C(=C(/O)c3ccc(Cl)cc3)C2c2ccc(F)cc2)sc1C. The number of hydrogen-bond acceptors (Lipinski definition) is 5. The number of halogens is 2. The van der Waals surface area contributed by atoms with Crippen LogP contribution < -0.4 is 4.90 Å². The number of nitrogens with zero attached hydrogens (tertiary/aromatic N) is 2. The third kappa shape index (κ3) is 3.40. The summed E-state index contributed by atoms with van der Waals surface area (Å²) in [5.74, 6) is -2.41. The van der Waals surface area contributed by atoms with E-state index in [2.05, 4.69) is 4.98 Å². The van der Waals surface area contributed by atoms with Crippen LogP contribution >= 0.6 is 22.9 Å². The van der Waals surface area contributed by atoms with Crippen LogP contribution in [-0.2, 0) is 9.59 Å². The Bertz CT molecular complexity index is 1170. The lowest BCUT2D eigenvalue weighted by atomic mass is 9.95. The van der Waals surface area contributed by atoms with Gasteiger partial charge in [0, 0.05) is 15.5 Å². The van der Waals surface area contributed by atoms with E-state index < -0.39 is 23.5 Å². The van der Waals surface area contributed by atoms with Crippen molar-refractivity contribution in [2.24, 2.45) is 0 Å². The van der Waals surface area contributed by atoms with Gasteiger partial charge in [0.1, 0.15) is 11.6 Å². The first-order valence-electron chi connectivity index (χ1n) is 9.04. The Balaban J connectivity index is 1.94. The molecule has 0 radical (unpaired) electrons. The summed E-state index contributed by atoms with van der Waals surface area (Å²) >= 11 is 7.19. The highest BCUT2D eigenvalue weighted by atomic mass is 35.5. The van der Waals surface area contributed by atoms with Crippen LogP contribution in [0, 0.1) is 19.7 Å². The van der Waals surface area contributed by atoms with E-state index in [0.717, 1.165) is 10.6 Å². The molecule has 1 aliphatic rings. The van der Waals surface area contributed by atoms with Crippen LogP contribution in [0.1, 0.15) is 27.7 Å². The van der Waals surface area contributed by atoms with E-state index in [0.29, 0.717) is 21.3 Å². The molecule has 0 bridgehead atoms. The highest BCUT2D eigenvalue weighted by molar-refractivity contribution is 7.16. The summed E-state index contributed by atoms with van der Waals surface area (Å²) < 4.78 is 13.5. The number of aryl methyl sites for hydroxylation is 2. The van der Waals surface area contributed by atoms with E-state index in [1.54, 1.807) is 24.3 Å². The van der Waals surface area contributed by atoms with Gasteiger partial charge >= 0.3 is 5.91 Å². The second kappa shape index (κ2) is 7.66. The molecule has 4 rings (SSSR count). The normalized spacial score (nSPS) is 18.3. The zero-order chi connectivity index (χ0) is 21.6. The summed E-state index contributed by atoms with van der Waals surface area (Å²) in [4.78, 5) is 32.6. The van der Waals surface area contributed by atoms with Gasteiger partial charge in [-0.05, 0) is 55.8 Å². The summed E-state index contributed by atoms with van der Waals surface area (Å²) in [5.41, 5.74) is 1.49. The number of Topliss-reactive ketones (excluding diaryl/α,β-unsaturated/α-hetero) is 1. The van der Waals surface area contributed by atoms with Crippen LogP contribution in [0.4, 0.5) is 9.52 Å². The van der Waals surface area contributed by atoms with Crippen LogP contribution in [0.5, 0.6) is 0 Å². The molecule has 0 spiro atoms. The minimum absolute atomic E-state index is 0.0839. The molecule has 0 saturated carbocycles. The highest BCUT2D eigenvalue weighted by Crippen LogP contribution is 2.43. The summed E-state index contributed by atoms with van der Waals surface area (Å²) in [6.07, 6.45) is 0. The second-order valence-corrected chi connectivity index (χ2v) is 8.48. The lowest BCUT2D eigenvalue weighted by molar-refractivity contribution is -0.132. The molecule has 1 N–H and O–H groups in total. The number of ketones is 1. The maximum absolute atomic E-state index is 13.5. The van der Waals surface area contributed by atoms with Crippen molar-refractivity contribution in [3.8, 4) is 0 Å². The van der Waals surface area contributed by atoms with Gasteiger partial charge in [-0.25, -0.2) is 9.37 Å². The first-order valence-corrected chi connectivity index (χ1v) is 10.2. The van der Waals surface area contributed by atoms with Gasteiger partial charge in [0.25, 0.3) is 5.78 Å². The number of benzene rings is 2. The zero-order valence-corrected chi connectivity index (χ0v) is 17.6. The van der Waals surface area contributed by atoms with Gasteiger partial charge in [-0.2, -0.15) is 0 Å². The Morgan fingerprint density at radius 1 is 1.10 bits per heavy atom. The fourth-order valence-electron chi connectivity index (χ4n) is 3.31. The number of carbonyl (C=O) groups excluding carboxylic acids is 2. The lowest BCUT2D eigenvalue weighted by Crippen LogP contribution is -2.29. The summed E-state index contributed by atoms with van der Waals surface area (Å²) in [6.45, 7) is 3.68. The molecular formula is C22H16ClFN2O3S. The number of carbonyl (C=O) groups is 2. The van der Waals surface area contributed by atoms with Gasteiger partial charge in [-0.1, -0.05) is 23.7 Å². The van der Waals surface area contributed by atoms with Crippen molar-refractivity contribution in [3.05, 3.63) is 86.6 Å². The van der Waals surface area contributed by atoms with Gasteiger partial charge in [0.2, 0.25) is 0 Å². The first kappa shape index (κ1) is 20.3. The molecule has 30 heavy (non-hydrogen) atoms. The molecule has 1 aromatic heterocycles. The van der Waals surface area contributed by atoms with Crippen molar-refractivity contribution >= 4 is 45.5 Å². The maximum Gasteiger partial charge on any atom is 0.301 e. The molecule has 1 atom stereocenters. The summed E-state index contributed by atoms with van der Waals surface area (Å²) in [7, 11) is 0. The summed E-state index contributed by atoms with van der Waals surface area (Å²) in [5, 5.41) is 11.8. The molecule has 1 amide bonds. The summed E-state index contributed by atoms with van der Waals surface area (Å²) in [6, 6.07) is 10.8. The number of aliphatic hydroxyl groups is 1. The maximum atomic E-state index is 13.5. The molecule has 2 heterocycles. The van der Waals surface area contributed by atoms with Crippen LogP contribution in [0.15, 0.2) is 54.1 Å². The molecule has 0 aliphatic carbocycles. The third-order valence-electron chi connectivity index (χ3n) is 4.97. The van der Waals surface area contributed by atoms with Gasteiger partial charge in [-0.15, -0.1) is 11.3 Å². The number of anilines is 1. The Morgan fingerprint density at radius 2 is 1.73 bits per heavy atom. The van der Waals surface area contributed by atoms with Crippen LogP contribution in [-0.4, -0.2) is 21.8 Å². The number of aliphatic hydroxyl groups excluding tert-OH is 1. The Morgan fingerprint density at radius 3 is 2.30 bits per heavy atom. The van der Waals surface area contributed by atoms with E-state index in [1.165, 1.54) is 40.5 Å². The molecule has 152 valence electrons. The monoisotopic (exact) mass is 442 g/mol. The Labute approximate surface area is 181 Å². The minimum Gasteiger partial charge on any atom is -0.507 e. The largest absolute Gasteiger partial charge is 0.507 e. The van der Waals surface area contributed by atoms with Crippen molar-refractivity contribution < 1.29 is 19.1 Å². The first-order chi connectivity index (χ1) is 14.3. The number of thiazole rings is 1. The van der Waals surface area contributed by atoms with Crippen molar-refractivity contribution in [1.29, 1.82) is 0 Å². The van der Waals surface area contributed by atoms with E-state index in [1.807, 2.05) is 13.8 Å². The molecule has 2 aromatic carbocycles. The predicted molar refractivity (Wildman–Crippen MR) is 114 cm³/mol. The van der Waals surface area contributed by atoms with Gasteiger partial charge in [0.15, 0.2) is 5.13 Å². The van der Waals surface area contributed by atoms with Crippen molar-refractivity contribution in [2.45, 2.75) is 19.9 Å². The zero-order valence-electron chi connectivity index (χ0n) is 16.0. The van der Waals surface area contributed by atoms with Crippen molar-refractivity contribution in [1.82, 2.24) is 4.98 Å². The molecule has 1 fully saturated rings. The van der Waals surface area contributed by atoms with Crippen molar-refractivity contribution in [2.75, 3.05) is 4.90 Å². The van der Waals surface area contributed by atoms with Gasteiger partial charge in [0.05, 0.1) is 17.3 Å². The topological polar surface area (TPSA) is 70.5 Å². The molecule has 1 saturated heterocycles.